The van der Waals surface area contributed by atoms with Crippen molar-refractivity contribution in [3.8, 4) is 0 Å². The molecule has 0 bridgehead atoms. The van der Waals surface area contributed by atoms with E-state index in [4.69, 9.17) is 11.6 Å². The molecule has 0 aliphatic carbocycles. The number of nitrogens with zero attached hydrogens (tertiary/aromatic N) is 2. The summed E-state index contributed by atoms with van der Waals surface area (Å²) >= 11 is 8.67. The van der Waals surface area contributed by atoms with Crippen molar-refractivity contribution >= 4 is 39.3 Å². The Bertz CT molecular complexity index is 290. The molecular formula is C7H7BrClN3O. The highest BCUT2D eigenvalue weighted by atomic mass is 79.9. The van der Waals surface area contributed by atoms with Crippen LogP contribution in [0.4, 0.5) is 5.82 Å². The van der Waals surface area contributed by atoms with Gasteiger partial charge in [0.2, 0.25) is 5.91 Å². The van der Waals surface area contributed by atoms with Gasteiger partial charge in [-0.25, -0.2) is 9.97 Å². The van der Waals surface area contributed by atoms with Crippen LogP contribution in [0.25, 0.3) is 0 Å². The van der Waals surface area contributed by atoms with E-state index in [1.54, 1.807) is 0 Å². The third-order valence-electron chi connectivity index (χ3n) is 1.21. The van der Waals surface area contributed by atoms with E-state index in [0.717, 1.165) is 0 Å². The molecule has 0 unspecified atom stereocenters. The summed E-state index contributed by atoms with van der Waals surface area (Å²) in [6.45, 7) is 0. The van der Waals surface area contributed by atoms with E-state index in [1.165, 1.54) is 12.4 Å². The lowest BCUT2D eigenvalue weighted by atomic mass is 10.4. The van der Waals surface area contributed by atoms with Gasteiger partial charge in [-0.1, -0.05) is 27.5 Å². The summed E-state index contributed by atoms with van der Waals surface area (Å²) in [5.41, 5.74) is 0. The van der Waals surface area contributed by atoms with Crippen molar-refractivity contribution in [2.24, 2.45) is 0 Å². The van der Waals surface area contributed by atoms with Crippen LogP contribution in [0.2, 0.25) is 5.15 Å². The molecule has 6 heteroatoms. The number of amides is 1. The third kappa shape index (κ3) is 3.69. The Kier molecular flexibility index (Phi) is 4.11. The van der Waals surface area contributed by atoms with E-state index in [2.05, 4.69) is 31.2 Å². The number of carbonyl (C=O) groups is 1. The minimum absolute atomic E-state index is 0.103. The molecule has 0 spiro atoms. The Labute approximate surface area is 88.8 Å². The summed E-state index contributed by atoms with van der Waals surface area (Å²) in [5.74, 6) is 0.309. The summed E-state index contributed by atoms with van der Waals surface area (Å²) in [5, 5.41) is 3.50. The van der Waals surface area contributed by atoms with Crippen LogP contribution < -0.4 is 5.32 Å². The molecule has 13 heavy (non-hydrogen) atoms. The molecule has 1 aromatic rings. The van der Waals surface area contributed by atoms with Crippen molar-refractivity contribution < 1.29 is 4.79 Å². The van der Waals surface area contributed by atoms with Crippen LogP contribution >= 0.6 is 27.5 Å². The van der Waals surface area contributed by atoms with Gasteiger partial charge in [-0.15, -0.1) is 0 Å². The molecule has 0 saturated carbocycles. The second-order valence-corrected chi connectivity index (χ2v) is 3.39. The topological polar surface area (TPSA) is 54.9 Å². The molecule has 0 saturated heterocycles. The maximum absolute atomic E-state index is 11.1. The van der Waals surface area contributed by atoms with Crippen molar-refractivity contribution in [1.82, 2.24) is 9.97 Å². The molecule has 1 aromatic heterocycles. The highest BCUT2D eigenvalue weighted by Crippen LogP contribution is 2.05. The quantitative estimate of drug-likeness (QED) is 0.848. The smallest absolute Gasteiger partial charge is 0.226 e. The van der Waals surface area contributed by atoms with E-state index < -0.39 is 0 Å². The van der Waals surface area contributed by atoms with Gasteiger partial charge in [-0.2, -0.15) is 0 Å². The van der Waals surface area contributed by atoms with Crippen LogP contribution in [-0.2, 0) is 4.79 Å². The molecule has 0 fully saturated rings. The molecule has 0 aliphatic heterocycles. The number of hydrogen-bond acceptors (Lipinski definition) is 3. The van der Waals surface area contributed by atoms with E-state index in [1.807, 2.05) is 0 Å². The van der Waals surface area contributed by atoms with Crippen LogP contribution in [0.15, 0.2) is 12.4 Å². The molecule has 1 rings (SSSR count). The maximum Gasteiger partial charge on any atom is 0.226 e. The second kappa shape index (κ2) is 5.14. The number of aromatic nitrogens is 2. The van der Waals surface area contributed by atoms with E-state index in [0.29, 0.717) is 22.7 Å². The van der Waals surface area contributed by atoms with Crippen LogP contribution in [0.1, 0.15) is 6.42 Å². The zero-order valence-electron chi connectivity index (χ0n) is 6.63. The first kappa shape index (κ1) is 10.4. The van der Waals surface area contributed by atoms with E-state index in [9.17, 15) is 4.79 Å². The van der Waals surface area contributed by atoms with Crippen LogP contribution in [-0.4, -0.2) is 21.2 Å². The number of rotatable bonds is 3. The van der Waals surface area contributed by atoms with Gasteiger partial charge in [0.1, 0.15) is 5.15 Å². The Morgan fingerprint density at radius 1 is 1.54 bits per heavy atom. The van der Waals surface area contributed by atoms with Gasteiger partial charge in [0, 0.05) is 11.8 Å². The van der Waals surface area contributed by atoms with Crippen LogP contribution in [0.5, 0.6) is 0 Å². The Balaban J connectivity index is 2.54. The SMILES string of the molecule is O=C(CCBr)Nc1cnc(Cl)cn1. The van der Waals surface area contributed by atoms with Crippen molar-refractivity contribution in [1.29, 1.82) is 0 Å². The number of hydrogen-bond donors (Lipinski definition) is 1. The number of alkyl halides is 1. The highest BCUT2D eigenvalue weighted by Gasteiger charge is 2.01. The minimum Gasteiger partial charge on any atom is -0.309 e. The van der Waals surface area contributed by atoms with Gasteiger partial charge < -0.3 is 5.32 Å². The second-order valence-electron chi connectivity index (χ2n) is 2.21. The highest BCUT2D eigenvalue weighted by molar-refractivity contribution is 9.09. The average molecular weight is 265 g/mol. The van der Waals surface area contributed by atoms with Gasteiger partial charge in [0.25, 0.3) is 0 Å². The predicted molar refractivity (Wildman–Crippen MR) is 54.1 cm³/mol. The average Bonchev–Trinajstić information content (AvgIpc) is 2.09. The monoisotopic (exact) mass is 263 g/mol. The number of carbonyl (C=O) groups excluding carboxylic acids is 1. The molecule has 0 radical (unpaired) electrons. The predicted octanol–water partition coefficient (Wildman–Crippen LogP) is 1.85. The van der Waals surface area contributed by atoms with Crippen molar-refractivity contribution in [2.75, 3.05) is 10.6 Å². The first-order valence-corrected chi connectivity index (χ1v) is 5.05. The molecule has 70 valence electrons. The summed E-state index contributed by atoms with van der Waals surface area (Å²) in [6, 6.07) is 0. The number of anilines is 1. The molecule has 0 atom stereocenters. The zero-order chi connectivity index (χ0) is 9.68. The summed E-state index contributed by atoms with van der Waals surface area (Å²) in [6.07, 6.45) is 3.20. The first-order chi connectivity index (χ1) is 6.22. The number of halogens is 2. The Morgan fingerprint density at radius 3 is 2.85 bits per heavy atom. The summed E-state index contributed by atoms with van der Waals surface area (Å²) in [4.78, 5) is 18.7. The zero-order valence-corrected chi connectivity index (χ0v) is 8.97. The lowest BCUT2D eigenvalue weighted by Crippen LogP contribution is -2.12. The van der Waals surface area contributed by atoms with Crippen molar-refractivity contribution in [2.45, 2.75) is 6.42 Å². The summed E-state index contributed by atoms with van der Waals surface area (Å²) in [7, 11) is 0. The maximum atomic E-state index is 11.1. The lowest BCUT2D eigenvalue weighted by molar-refractivity contribution is -0.115. The van der Waals surface area contributed by atoms with Gasteiger partial charge in [-0.05, 0) is 0 Å². The standard InChI is InChI=1S/C7H7BrClN3O/c8-2-1-7(13)12-6-4-10-5(9)3-11-6/h3-4H,1-2H2,(H,11,12,13). The van der Waals surface area contributed by atoms with E-state index in [-0.39, 0.29) is 5.91 Å². The largest absolute Gasteiger partial charge is 0.309 e. The fourth-order valence-electron chi connectivity index (χ4n) is 0.668. The van der Waals surface area contributed by atoms with Crippen molar-refractivity contribution in [3.63, 3.8) is 0 Å². The minimum atomic E-state index is -0.103. The molecule has 0 aliphatic rings. The third-order valence-corrected chi connectivity index (χ3v) is 1.80. The molecule has 1 N–H and O–H groups in total. The van der Waals surface area contributed by atoms with Crippen LogP contribution in [0.3, 0.4) is 0 Å². The van der Waals surface area contributed by atoms with Crippen molar-refractivity contribution in [3.05, 3.63) is 17.5 Å². The first-order valence-electron chi connectivity index (χ1n) is 3.55. The van der Waals surface area contributed by atoms with Gasteiger partial charge in [0.05, 0.1) is 12.4 Å². The van der Waals surface area contributed by atoms with Gasteiger partial charge in [0.15, 0.2) is 5.82 Å². The fourth-order valence-corrected chi connectivity index (χ4v) is 1.13. The normalized spacial score (nSPS) is 9.69. The molecule has 0 aromatic carbocycles. The molecular weight excluding hydrogens is 257 g/mol. The van der Waals surface area contributed by atoms with E-state index >= 15 is 0 Å². The Hall–Kier alpha value is -0.680. The lowest BCUT2D eigenvalue weighted by Gasteiger charge is -2.01. The fraction of sp³-hybridized carbons (Fsp3) is 0.286. The van der Waals surface area contributed by atoms with Crippen LogP contribution in [0, 0.1) is 0 Å². The Morgan fingerprint density at radius 2 is 2.31 bits per heavy atom. The van der Waals surface area contributed by atoms with Gasteiger partial charge >= 0.3 is 0 Å². The molecule has 1 amide bonds. The molecule has 1 heterocycles. The summed E-state index contributed by atoms with van der Waals surface area (Å²) < 4.78 is 0. The van der Waals surface area contributed by atoms with Gasteiger partial charge in [-0.3, -0.25) is 4.79 Å². The molecule has 4 nitrogen and oxygen atoms in total. The number of nitrogens with one attached hydrogen (secondary N) is 1.